The number of ketones is 1. The molecule has 0 aliphatic rings. The van der Waals surface area contributed by atoms with Gasteiger partial charge >= 0.3 is 6.18 Å². The van der Waals surface area contributed by atoms with E-state index >= 15 is 0 Å². The number of benzene rings is 1. The predicted octanol–water partition coefficient (Wildman–Crippen LogP) is 2.33. The van der Waals surface area contributed by atoms with Crippen molar-refractivity contribution in [2.24, 2.45) is 0 Å². The molecule has 0 aliphatic heterocycles. The second-order valence-electron chi connectivity index (χ2n) is 5.06. The van der Waals surface area contributed by atoms with Crippen LogP contribution in [-0.4, -0.2) is 31.8 Å². The maximum absolute atomic E-state index is 12.6. The van der Waals surface area contributed by atoms with Crippen LogP contribution in [0.25, 0.3) is 0 Å². The monoisotopic (exact) mass is 373 g/mol. The van der Waals surface area contributed by atoms with Crippen LogP contribution in [0.3, 0.4) is 0 Å². The number of carbonyl (C=O) groups is 2. The molecule has 1 amide bonds. The molecule has 25 heavy (non-hydrogen) atoms. The predicted molar refractivity (Wildman–Crippen MR) is 85.6 cm³/mol. The topological polar surface area (TPSA) is 103 Å². The number of nitrogen functional groups attached to an aromatic ring is 1. The van der Waals surface area contributed by atoms with Gasteiger partial charge in [-0.3, -0.25) is 9.59 Å². The maximum Gasteiger partial charge on any atom is 0.453 e. The van der Waals surface area contributed by atoms with Crippen LogP contribution in [0.15, 0.2) is 29.4 Å². The van der Waals surface area contributed by atoms with E-state index in [0.717, 1.165) is 11.8 Å². The summed E-state index contributed by atoms with van der Waals surface area (Å²) in [5.74, 6) is 3.41. The van der Waals surface area contributed by atoms with Crippen molar-refractivity contribution in [3.05, 3.63) is 35.7 Å². The van der Waals surface area contributed by atoms with E-state index in [-0.39, 0.29) is 10.9 Å². The minimum Gasteiger partial charge on any atom is -0.335 e. The van der Waals surface area contributed by atoms with E-state index in [4.69, 9.17) is 5.84 Å². The summed E-state index contributed by atoms with van der Waals surface area (Å²) in [6, 6.07) is 6.22. The van der Waals surface area contributed by atoms with Crippen LogP contribution in [0.1, 0.15) is 30.0 Å². The fourth-order valence-corrected chi connectivity index (χ4v) is 2.56. The second kappa shape index (κ2) is 7.13. The van der Waals surface area contributed by atoms with E-state index in [0.29, 0.717) is 15.9 Å². The molecule has 1 heterocycles. The van der Waals surface area contributed by atoms with Gasteiger partial charge in [0.2, 0.25) is 11.1 Å². The van der Waals surface area contributed by atoms with Gasteiger partial charge in [0, 0.05) is 11.3 Å². The van der Waals surface area contributed by atoms with Crippen LogP contribution in [0.2, 0.25) is 0 Å². The van der Waals surface area contributed by atoms with Crippen LogP contribution in [0.4, 0.5) is 18.9 Å². The van der Waals surface area contributed by atoms with E-state index in [1.54, 1.807) is 24.3 Å². The number of aromatic nitrogens is 3. The van der Waals surface area contributed by atoms with Crippen LogP contribution < -0.4 is 11.2 Å². The Morgan fingerprint density at radius 1 is 1.24 bits per heavy atom. The van der Waals surface area contributed by atoms with Crippen molar-refractivity contribution >= 4 is 29.1 Å². The Morgan fingerprint density at radius 2 is 1.84 bits per heavy atom. The number of alkyl halides is 3. The molecule has 7 nitrogen and oxygen atoms in total. The number of carbonyl (C=O) groups excluding carboxylic acids is 2. The number of Topliss-reactive ketones (excluding diaryl/α,β-unsaturated/α-hetero) is 1. The minimum absolute atomic E-state index is 0.107. The highest BCUT2D eigenvalue weighted by molar-refractivity contribution is 8.00. The summed E-state index contributed by atoms with van der Waals surface area (Å²) < 4.78 is 38.2. The largest absolute Gasteiger partial charge is 0.453 e. The lowest BCUT2D eigenvalue weighted by atomic mass is 10.1. The number of amides is 1. The number of anilines is 1. The summed E-state index contributed by atoms with van der Waals surface area (Å²) in [6.07, 6.45) is -4.73. The number of nitrogens with two attached hydrogens (primary N) is 1. The van der Waals surface area contributed by atoms with E-state index < -0.39 is 23.2 Å². The highest BCUT2D eigenvalue weighted by Gasteiger charge is 2.38. The number of hydrogen-bond acceptors (Lipinski definition) is 6. The summed E-state index contributed by atoms with van der Waals surface area (Å²) in [6.45, 7) is 2.91. The lowest BCUT2D eigenvalue weighted by Crippen LogP contribution is -2.25. The van der Waals surface area contributed by atoms with Crippen molar-refractivity contribution in [2.75, 3.05) is 11.2 Å². The number of hydrogen-bond donors (Lipinski definition) is 2. The number of halogens is 3. The Hall–Kier alpha value is -2.56. The standard InChI is InChI=1S/C14H14F3N5O2S/c1-7(23)9-3-5-10(6-4-9)19-11(24)8(2)25-13-21-20-12(22(13)18)14(15,16)17/h3-6,8H,18H2,1-2H3,(H,19,24). The molecule has 0 spiro atoms. The number of rotatable bonds is 5. The zero-order valence-corrected chi connectivity index (χ0v) is 14.0. The van der Waals surface area contributed by atoms with E-state index in [1.807, 2.05) is 0 Å². The quantitative estimate of drug-likeness (QED) is 0.474. The second-order valence-corrected chi connectivity index (χ2v) is 6.36. The summed E-state index contributed by atoms with van der Waals surface area (Å²) in [5, 5.41) is 7.93. The van der Waals surface area contributed by atoms with E-state index in [9.17, 15) is 22.8 Å². The van der Waals surface area contributed by atoms with Gasteiger partial charge in [-0.05, 0) is 38.1 Å². The lowest BCUT2D eigenvalue weighted by molar-refractivity contribution is -0.146. The Morgan fingerprint density at radius 3 is 2.32 bits per heavy atom. The zero-order valence-electron chi connectivity index (χ0n) is 13.2. The van der Waals surface area contributed by atoms with Crippen LogP contribution in [-0.2, 0) is 11.0 Å². The first-order valence-electron chi connectivity index (χ1n) is 6.96. The molecule has 134 valence electrons. The SMILES string of the molecule is CC(=O)c1ccc(NC(=O)C(C)Sc2nnc(C(F)(F)F)n2N)cc1. The molecule has 3 N–H and O–H groups in total. The van der Waals surface area contributed by atoms with Gasteiger partial charge in [-0.2, -0.15) is 13.2 Å². The average Bonchev–Trinajstić information content (AvgIpc) is 2.88. The average molecular weight is 373 g/mol. The van der Waals surface area contributed by atoms with Gasteiger partial charge in [0.1, 0.15) is 0 Å². The Balaban J connectivity index is 2.03. The van der Waals surface area contributed by atoms with E-state index in [2.05, 4.69) is 15.5 Å². The molecule has 2 aromatic rings. The first-order valence-corrected chi connectivity index (χ1v) is 7.83. The fourth-order valence-electron chi connectivity index (χ4n) is 1.79. The van der Waals surface area contributed by atoms with Crippen LogP contribution >= 0.6 is 11.8 Å². The van der Waals surface area contributed by atoms with Gasteiger partial charge in [0.15, 0.2) is 5.78 Å². The van der Waals surface area contributed by atoms with Crippen molar-refractivity contribution in [1.29, 1.82) is 0 Å². The first-order chi connectivity index (χ1) is 11.6. The highest BCUT2D eigenvalue weighted by Crippen LogP contribution is 2.30. The smallest absolute Gasteiger partial charge is 0.335 e. The van der Waals surface area contributed by atoms with Crippen molar-refractivity contribution in [3.8, 4) is 0 Å². The Labute approximate surface area is 144 Å². The van der Waals surface area contributed by atoms with Gasteiger partial charge in [0.05, 0.1) is 5.25 Å². The summed E-state index contributed by atoms with van der Waals surface area (Å²) in [4.78, 5) is 23.3. The molecule has 1 unspecified atom stereocenters. The highest BCUT2D eigenvalue weighted by atomic mass is 32.2. The zero-order chi connectivity index (χ0) is 18.8. The van der Waals surface area contributed by atoms with E-state index in [1.165, 1.54) is 13.8 Å². The van der Waals surface area contributed by atoms with Crippen molar-refractivity contribution in [3.63, 3.8) is 0 Å². The number of thioether (sulfide) groups is 1. The van der Waals surface area contributed by atoms with Crippen molar-refractivity contribution in [1.82, 2.24) is 14.9 Å². The molecule has 0 fully saturated rings. The van der Waals surface area contributed by atoms with Gasteiger partial charge in [-0.15, -0.1) is 10.2 Å². The molecule has 1 aromatic heterocycles. The van der Waals surface area contributed by atoms with Gasteiger partial charge in [0.25, 0.3) is 5.82 Å². The number of nitrogens with zero attached hydrogens (tertiary/aromatic N) is 3. The summed E-state index contributed by atoms with van der Waals surface area (Å²) >= 11 is 0.741. The maximum atomic E-state index is 12.6. The molecule has 2 rings (SSSR count). The van der Waals surface area contributed by atoms with Crippen molar-refractivity contribution in [2.45, 2.75) is 30.4 Å². The third-order valence-electron chi connectivity index (χ3n) is 3.13. The molecule has 0 saturated heterocycles. The number of nitrogens with one attached hydrogen (secondary N) is 1. The first kappa shape index (κ1) is 18.8. The normalized spacial score (nSPS) is 12.7. The molecule has 11 heteroatoms. The van der Waals surface area contributed by atoms with Crippen LogP contribution in [0, 0.1) is 0 Å². The Kier molecular flexibility index (Phi) is 5.36. The third-order valence-corrected chi connectivity index (χ3v) is 4.19. The van der Waals surface area contributed by atoms with Crippen molar-refractivity contribution < 1.29 is 22.8 Å². The summed E-state index contributed by atoms with van der Waals surface area (Å²) in [5.41, 5.74) is 0.948. The van der Waals surface area contributed by atoms with Gasteiger partial charge in [-0.25, -0.2) is 4.68 Å². The fraction of sp³-hybridized carbons (Fsp3) is 0.286. The molecule has 0 aliphatic carbocycles. The molecular weight excluding hydrogens is 359 g/mol. The lowest BCUT2D eigenvalue weighted by Gasteiger charge is -2.12. The molecular formula is C14H14F3N5O2S. The molecule has 1 atom stereocenters. The summed E-state index contributed by atoms with van der Waals surface area (Å²) in [7, 11) is 0. The molecule has 1 aromatic carbocycles. The van der Waals surface area contributed by atoms with Gasteiger partial charge < -0.3 is 11.2 Å². The Bertz CT molecular complexity index is 789. The molecule has 0 radical (unpaired) electrons. The van der Waals surface area contributed by atoms with Crippen LogP contribution in [0.5, 0.6) is 0 Å². The van der Waals surface area contributed by atoms with Gasteiger partial charge in [-0.1, -0.05) is 11.8 Å². The molecule has 0 bridgehead atoms. The third kappa shape index (κ3) is 4.50. The molecule has 0 saturated carbocycles. The minimum atomic E-state index is -4.73.